The van der Waals surface area contributed by atoms with E-state index in [4.69, 9.17) is 10.5 Å². The van der Waals surface area contributed by atoms with Crippen molar-refractivity contribution in [2.75, 3.05) is 26.3 Å². The smallest absolute Gasteiger partial charge is 0.243 e. The zero-order chi connectivity index (χ0) is 16.4. The molecule has 1 aromatic carbocycles. The van der Waals surface area contributed by atoms with E-state index in [1.807, 2.05) is 19.1 Å². The summed E-state index contributed by atoms with van der Waals surface area (Å²) in [6.45, 7) is 3.63. The maximum Gasteiger partial charge on any atom is 0.243 e. The second kappa shape index (κ2) is 6.73. The van der Waals surface area contributed by atoms with Crippen molar-refractivity contribution in [2.45, 2.75) is 30.7 Å². The van der Waals surface area contributed by atoms with Gasteiger partial charge in [0.05, 0.1) is 18.1 Å². The van der Waals surface area contributed by atoms with Gasteiger partial charge >= 0.3 is 0 Å². The van der Waals surface area contributed by atoms with E-state index in [0.717, 1.165) is 11.1 Å². The van der Waals surface area contributed by atoms with Gasteiger partial charge in [-0.3, -0.25) is 0 Å². The van der Waals surface area contributed by atoms with Gasteiger partial charge in [-0.05, 0) is 48.9 Å². The van der Waals surface area contributed by atoms with E-state index in [1.54, 1.807) is 12.1 Å². The summed E-state index contributed by atoms with van der Waals surface area (Å²) < 4.78 is 32.3. The molecule has 0 aromatic heterocycles. The lowest BCUT2D eigenvalue weighted by atomic mass is 10.0. The molecule has 0 unspecified atom stereocenters. The van der Waals surface area contributed by atoms with Crippen LogP contribution in [0.2, 0.25) is 0 Å². The standard InChI is InChI=1S/C17H24N2O3S/c1-13(18)17-7-6-16(12-15(17)5-4-14-2-3-14)23(20,21)19-8-10-22-11-9-19/h4-7,12-14H,2-3,8-11,18H2,1H3/b5-4+/t13-/m1/s1. The molecule has 1 saturated heterocycles. The molecule has 2 aliphatic rings. The molecule has 0 spiro atoms. The summed E-state index contributed by atoms with van der Waals surface area (Å²) in [5.74, 6) is 0.635. The number of sulfonamides is 1. The normalized spacial score (nSPS) is 21.7. The van der Waals surface area contributed by atoms with Crippen LogP contribution in [0.25, 0.3) is 6.08 Å². The van der Waals surface area contributed by atoms with Gasteiger partial charge in [0, 0.05) is 19.1 Å². The SMILES string of the molecule is C[C@@H](N)c1ccc(S(=O)(=O)N2CCOCC2)cc1/C=C/C1CC1. The average molecular weight is 336 g/mol. The van der Waals surface area contributed by atoms with Crippen molar-refractivity contribution in [1.29, 1.82) is 0 Å². The van der Waals surface area contributed by atoms with E-state index in [9.17, 15) is 8.42 Å². The first-order valence-corrected chi connectivity index (χ1v) is 9.58. The third kappa shape index (κ3) is 3.83. The third-order valence-electron chi connectivity index (χ3n) is 4.33. The minimum atomic E-state index is -3.47. The largest absolute Gasteiger partial charge is 0.379 e. The molecule has 1 heterocycles. The number of ether oxygens (including phenoxy) is 1. The lowest BCUT2D eigenvalue weighted by Crippen LogP contribution is -2.40. The molecule has 3 rings (SSSR count). The number of nitrogens with two attached hydrogens (primary N) is 1. The van der Waals surface area contributed by atoms with Crippen LogP contribution in [-0.2, 0) is 14.8 Å². The Morgan fingerprint density at radius 1 is 1.30 bits per heavy atom. The minimum Gasteiger partial charge on any atom is -0.379 e. The third-order valence-corrected chi connectivity index (χ3v) is 6.22. The van der Waals surface area contributed by atoms with E-state index < -0.39 is 10.0 Å². The van der Waals surface area contributed by atoms with Crippen LogP contribution in [0.5, 0.6) is 0 Å². The second-order valence-corrected chi connectivity index (χ2v) is 8.23. The highest BCUT2D eigenvalue weighted by atomic mass is 32.2. The van der Waals surface area contributed by atoms with Crippen molar-refractivity contribution in [2.24, 2.45) is 11.7 Å². The van der Waals surface area contributed by atoms with Crippen molar-refractivity contribution in [3.8, 4) is 0 Å². The van der Waals surface area contributed by atoms with Crippen molar-refractivity contribution in [3.63, 3.8) is 0 Å². The quantitative estimate of drug-likeness (QED) is 0.894. The maximum absolute atomic E-state index is 12.8. The number of morpholine rings is 1. The van der Waals surface area contributed by atoms with Gasteiger partial charge in [0.1, 0.15) is 0 Å². The molecule has 1 aliphatic heterocycles. The van der Waals surface area contributed by atoms with Crippen LogP contribution in [-0.4, -0.2) is 39.0 Å². The molecular weight excluding hydrogens is 312 g/mol. The fraction of sp³-hybridized carbons (Fsp3) is 0.529. The van der Waals surface area contributed by atoms with E-state index in [2.05, 4.69) is 6.08 Å². The van der Waals surface area contributed by atoms with Gasteiger partial charge in [-0.25, -0.2) is 8.42 Å². The Bertz CT molecular complexity index is 688. The van der Waals surface area contributed by atoms with Crippen molar-refractivity contribution in [3.05, 3.63) is 35.4 Å². The summed E-state index contributed by atoms with van der Waals surface area (Å²) in [6, 6.07) is 5.12. The molecule has 1 aromatic rings. The fourth-order valence-corrected chi connectivity index (χ4v) is 4.18. The van der Waals surface area contributed by atoms with Gasteiger partial charge < -0.3 is 10.5 Å². The summed E-state index contributed by atoms with van der Waals surface area (Å²) in [7, 11) is -3.47. The average Bonchev–Trinajstić information content (AvgIpc) is 3.37. The molecule has 1 aliphatic carbocycles. The Morgan fingerprint density at radius 2 is 2.00 bits per heavy atom. The number of rotatable bonds is 5. The number of allylic oxidation sites excluding steroid dienone is 1. The Kier molecular flexibility index (Phi) is 4.87. The number of benzene rings is 1. The molecule has 23 heavy (non-hydrogen) atoms. The second-order valence-electron chi connectivity index (χ2n) is 6.29. The van der Waals surface area contributed by atoms with Gasteiger partial charge in [0.15, 0.2) is 0 Å². The molecule has 0 amide bonds. The molecule has 1 atom stereocenters. The molecule has 1 saturated carbocycles. The lowest BCUT2D eigenvalue weighted by molar-refractivity contribution is 0.0730. The van der Waals surface area contributed by atoms with Crippen LogP contribution in [0.15, 0.2) is 29.2 Å². The van der Waals surface area contributed by atoms with Crippen LogP contribution in [0, 0.1) is 5.92 Å². The van der Waals surface area contributed by atoms with Gasteiger partial charge in [0.2, 0.25) is 10.0 Å². The summed E-state index contributed by atoms with van der Waals surface area (Å²) in [6.07, 6.45) is 6.62. The summed E-state index contributed by atoms with van der Waals surface area (Å²) >= 11 is 0. The van der Waals surface area contributed by atoms with Gasteiger partial charge in [0.25, 0.3) is 0 Å². The molecule has 6 heteroatoms. The highest BCUT2D eigenvalue weighted by molar-refractivity contribution is 7.89. The first-order valence-electron chi connectivity index (χ1n) is 8.14. The Morgan fingerprint density at radius 3 is 2.61 bits per heavy atom. The Hall–Kier alpha value is -1.21. The van der Waals surface area contributed by atoms with Gasteiger partial charge in [-0.2, -0.15) is 4.31 Å². The predicted molar refractivity (Wildman–Crippen MR) is 90.4 cm³/mol. The number of hydrogen-bond donors (Lipinski definition) is 1. The zero-order valence-electron chi connectivity index (χ0n) is 13.4. The molecule has 5 nitrogen and oxygen atoms in total. The topological polar surface area (TPSA) is 72.6 Å². The van der Waals surface area contributed by atoms with Crippen molar-refractivity contribution >= 4 is 16.1 Å². The first-order chi connectivity index (χ1) is 11.0. The van der Waals surface area contributed by atoms with E-state index >= 15 is 0 Å². The number of hydrogen-bond acceptors (Lipinski definition) is 4. The molecule has 0 bridgehead atoms. The zero-order valence-corrected chi connectivity index (χ0v) is 14.3. The molecule has 0 radical (unpaired) electrons. The lowest BCUT2D eigenvalue weighted by Gasteiger charge is -2.26. The van der Waals surface area contributed by atoms with Crippen LogP contribution in [0.4, 0.5) is 0 Å². The molecule has 126 valence electrons. The summed E-state index contributed by atoms with van der Waals surface area (Å²) in [4.78, 5) is 0.333. The highest BCUT2D eigenvalue weighted by Crippen LogP contribution is 2.32. The first kappa shape index (κ1) is 16.6. The fourth-order valence-electron chi connectivity index (χ4n) is 2.74. The highest BCUT2D eigenvalue weighted by Gasteiger charge is 2.27. The molecule has 2 fully saturated rings. The minimum absolute atomic E-state index is 0.131. The van der Waals surface area contributed by atoms with Crippen LogP contribution in [0.3, 0.4) is 0 Å². The molecule has 2 N–H and O–H groups in total. The Balaban J connectivity index is 1.94. The van der Waals surface area contributed by atoms with E-state index in [-0.39, 0.29) is 6.04 Å². The van der Waals surface area contributed by atoms with E-state index in [1.165, 1.54) is 17.1 Å². The monoisotopic (exact) mass is 336 g/mol. The maximum atomic E-state index is 12.8. The van der Waals surface area contributed by atoms with Crippen LogP contribution in [0.1, 0.15) is 36.9 Å². The van der Waals surface area contributed by atoms with Crippen molar-refractivity contribution in [1.82, 2.24) is 4.31 Å². The van der Waals surface area contributed by atoms with Crippen LogP contribution < -0.4 is 5.73 Å². The number of nitrogens with zero attached hydrogens (tertiary/aromatic N) is 1. The van der Waals surface area contributed by atoms with Gasteiger partial charge in [-0.15, -0.1) is 0 Å². The van der Waals surface area contributed by atoms with E-state index in [0.29, 0.717) is 37.1 Å². The summed E-state index contributed by atoms with van der Waals surface area (Å²) in [5, 5.41) is 0. The summed E-state index contributed by atoms with van der Waals surface area (Å²) in [5.41, 5.74) is 7.91. The van der Waals surface area contributed by atoms with Crippen LogP contribution >= 0.6 is 0 Å². The predicted octanol–water partition coefficient (Wildman–Crippen LogP) is 2.15. The molecular formula is C17H24N2O3S. The van der Waals surface area contributed by atoms with Gasteiger partial charge in [-0.1, -0.05) is 18.2 Å². The van der Waals surface area contributed by atoms with Crippen molar-refractivity contribution < 1.29 is 13.2 Å². The Labute approximate surface area is 138 Å².